The summed E-state index contributed by atoms with van der Waals surface area (Å²) >= 11 is 0. The van der Waals surface area contributed by atoms with Gasteiger partial charge in [-0.05, 0) is 0 Å². The molecule has 30 nitrogen and oxygen atoms in total. The molecule has 7 heterocycles. The zero-order valence-electron chi connectivity index (χ0n) is 29.7. The summed E-state index contributed by atoms with van der Waals surface area (Å²) < 4.78 is 88.0. The Balaban J connectivity index is 1.07. The Morgan fingerprint density at radius 2 is 1.02 bits per heavy atom. The second kappa shape index (κ2) is 16.8. The van der Waals surface area contributed by atoms with Crippen LogP contribution in [-0.4, -0.2) is 133 Å². The minimum atomic E-state index is -5.49. The average Bonchev–Trinajstić information content (AvgIpc) is 3.85. The van der Waals surface area contributed by atoms with E-state index >= 15 is 0 Å². The van der Waals surface area contributed by atoms with Crippen molar-refractivity contribution in [2.45, 2.75) is 73.6 Å². The van der Waals surface area contributed by atoms with Crippen LogP contribution in [0.15, 0.2) is 65.6 Å². The van der Waals surface area contributed by atoms with E-state index in [2.05, 4.69) is 0 Å². The smallest absolute Gasteiger partial charge is 0.394 e. The van der Waals surface area contributed by atoms with E-state index in [0.29, 0.717) is 9.13 Å². The minimum Gasteiger partial charge on any atom is -0.394 e. The van der Waals surface area contributed by atoms with Gasteiger partial charge < -0.3 is 44.2 Å². The molecule has 0 amide bonds. The predicted octanol–water partition coefficient (Wildman–Crippen LogP) is -5.07. The lowest BCUT2D eigenvalue weighted by atomic mass is 10.1. The Kier molecular flexibility index (Phi) is 12.4. The first-order valence-corrected chi connectivity index (χ1v) is 21.5. The highest BCUT2D eigenvalue weighted by Crippen LogP contribution is 2.59. The second-order valence-corrected chi connectivity index (χ2v) is 17.4. The Bertz CT molecular complexity index is 2610. The number of fused-ring (bicyclic) bond motifs is 1. The van der Waals surface area contributed by atoms with Crippen LogP contribution in [0.3, 0.4) is 0 Å². The van der Waals surface area contributed by atoms with Crippen LogP contribution in [0, 0.1) is 0 Å². The fraction of sp³-hybridized carbons (Fsp3) is 0.556. The first-order chi connectivity index (χ1) is 28.2. The van der Waals surface area contributed by atoms with Gasteiger partial charge in [0.2, 0.25) is 0 Å². The van der Waals surface area contributed by atoms with Gasteiger partial charge in [-0.25, -0.2) is 28.1 Å². The fourth-order valence-corrected chi connectivity index (χ4v) is 9.74. The number of ether oxygens (including phenoxy) is 3. The highest BCUT2D eigenvalue weighted by atomic mass is 31.2. The molecule has 3 aromatic heterocycles. The van der Waals surface area contributed by atoms with Crippen LogP contribution < -0.4 is 33.7 Å². The van der Waals surface area contributed by atoms with Crippen molar-refractivity contribution in [2.24, 2.45) is 0 Å². The summed E-state index contributed by atoms with van der Waals surface area (Å²) in [6, 6.07) is 2.67. The standard InChI is InChI=1S/C27H33N6O24P3/c34-7-10-18(16(38)22(51-10)31-4-1-13(35)28-25(31)40)54-58(43,44)49-8-11-19(17(39)23(52-11)32-5-2-14(36)29-26(32)41)55-59(45,46)50-9-12-20-21(57-60(47,48)56-20)24(53-12)33-6-3-15(37)30-27(33)42/h1-6,10-12,16-24,34,38-39H,7-9H2,(H,43,44)(H,45,46)(H,47,48)(H,28,35,40)(H,29,36,41)(H,30,37,42)/t10-,11-,12-,16-,17-,18-,19-,20-,21-,22-,23-,24-/m1/s1. The maximum Gasteiger partial charge on any atom is 0.473 e. The van der Waals surface area contributed by atoms with Crippen molar-refractivity contribution in [2.75, 3.05) is 19.8 Å². The van der Waals surface area contributed by atoms with Gasteiger partial charge in [0.05, 0.1) is 19.8 Å². The van der Waals surface area contributed by atoms with E-state index in [1.807, 2.05) is 15.0 Å². The normalized spacial score (nSPS) is 35.9. The number of H-pyrrole nitrogens is 3. The van der Waals surface area contributed by atoms with Crippen molar-refractivity contribution in [1.29, 1.82) is 0 Å². The molecule has 0 radical (unpaired) electrons. The molecule has 330 valence electrons. The number of aliphatic hydroxyl groups excluding tert-OH is 3. The molecule has 15 atom stereocenters. The summed E-state index contributed by atoms with van der Waals surface area (Å²) in [6.07, 6.45) is -18.4. The van der Waals surface area contributed by atoms with Crippen LogP contribution in [0.25, 0.3) is 0 Å². The Morgan fingerprint density at radius 3 is 1.47 bits per heavy atom. The topological polar surface area (TPSA) is 420 Å². The third kappa shape index (κ3) is 9.16. The molecular formula is C27H33N6O24P3. The van der Waals surface area contributed by atoms with Crippen molar-refractivity contribution < 1.29 is 85.0 Å². The number of aliphatic hydroxyl groups is 3. The van der Waals surface area contributed by atoms with Gasteiger partial charge in [0.15, 0.2) is 18.7 Å². The van der Waals surface area contributed by atoms with E-state index in [-0.39, 0.29) is 0 Å². The van der Waals surface area contributed by atoms with Crippen molar-refractivity contribution >= 4 is 23.5 Å². The highest BCUT2D eigenvalue weighted by molar-refractivity contribution is 7.48. The van der Waals surface area contributed by atoms with Crippen LogP contribution in [0.1, 0.15) is 18.7 Å². The molecule has 60 heavy (non-hydrogen) atoms. The van der Waals surface area contributed by atoms with Crippen molar-refractivity contribution in [1.82, 2.24) is 28.7 Å². The van der Waals surface area contributed by atoms with Crippen LogP contribution in [0.5, 0.6) is 0 Å². The molecule has 4 fully saturated rings. The third-order valence-corrected chi connectivity index (χ3v) is 12.3. The van der Waals surface area contributed by atoms with Gasteiger partial charge in [-0.15, -0.1) is 0 Å². The number of nitrogens with zero attached hydrogens (tertiary/aromatic N) is 3. The highest BCUT2D eigenvalue weighted by Gasteiger charge is 2.59. The quantitative estimate of drug-likeness (QED) is 0.0683. The maximum atomic E-state index is 13.4. The van der Waals surface area contributed by atoms with E-state index < -0.39 is 151 Å². The molecule has 0 aliphatic carbocycles. The molecule has 3 unspecified atom stereocenters. The molecule has 33 heteroatoms. The zero-order valence-corrected chi connectivity index (χ0v) is 32.4. The van der Waals surface area contributed by atoms with E-state index in [0.717, 1.165) is 41.4 Å². The molecule has 0 bridgehead atoms. The van der Waals surface area contributed by atoms with Crippen LogP contribution in [0.2, 0.25) is 0 Å². The lowest BCUT2D eigenvalue weighted by Crippen LogP contribution is -2.39. The van der Waals surface area contributed by atoms with E-state index in [4.69, 9.17) is 41.4 Å². The number of hydrogen-bond donors (Lipinski definition) is 9. The van der Waals surface area contributed by atoms with Gasteiger partial charge in [-0.2, -0.15) is 0 Å². The first kappa shape index (κ1) is 44.2. The summed E-state index contributed by atoms with van der Waals surface area (Å²) in [5.41, 5.74) is -5.70. The summed E-state index contributed by atoms with van der Waals surface area (Å²) in [4.78, 5) is 109. The fourth-order valence-electron chi connectivity index (χ4n) is 6.67. The number of hydrogen-bond acceptors (Lipinski definition) is 21. The Labute approximate surface area is 329 Å². The Hall–Kier alpha value is -3.87. The SMILES string of the molecule is O=c1ccn([C@@H]2O[C@H](CO)[C@@H](OP(=O)(O)OC[C@H]3O[C@@H](n4ccc(=O)[nH]c4=O)[C@H](O)[C@@H]3OP(=O)(O)OC[C@H]3O[C@@H](n4ccc(=O)[nH]c4=O)[C@@H]4OP(=O)(O)O[C@@H]43)[C@H]2O)c(=O)[nH]1. The lowest BCUT2D eigenvalue weighted by molar-refractivity contribution is -0.0681. The molecule has 0 spiro atoms. The second-order valence-electron chi connectivity index (χ2n) is 13.2. The van der Waals surface area contributed by atoms with Gasteiger partial charge >= 0.3 is 40.5 Å². The third-order valence-electron chi connectivity index (χ3n) is 9.28. The number of rotatable bonds is 14. The number of phosphoric acid groups is 3. The summed E-state index contributed by atoms with van der Waals surface area (Å²) in [5, 5.41) is 31.9. The van der Waals surface area contributed by atoms with Gasteiger partial charge in [-0.1, -0.05) is 0 Å². The molecular weight excluding hydrogens is 885 g/mol. The minimum absolute atomic E-state index is 0.619. The molecule has 9 N–H and O–H groups in total. The van der Waals surface area contributed by atoms with Crippen molar-refractivity contribution in [3.63, 3.8) is 0 Å². The lowest BCUT2D eigenvalue weighted by Gasteiger charge is -2.26. The summed E-state index contributed by atoms with van der Waals surface area (Å²) in [5.74, 6) is 0. The summed E-state index contributed by atoms with van der Waals surface area (Å²) in [7, 11) is -15.7. The van der Waals surface area contributed by atoms with Crippen LogP contribution in [-0.2, 0) is 55.0 Å². The van der Waals surface area contributed by atoms with Gasteiger partial charge in [-0.3, -0.25) is 70.2 Å². The van der Waals surface area contributed by atoms with E-state index in [1.54, 1.807) is 0 Å². The largest absolute Gasteiger partial charge is 0.473 e. The molecule has 0 saturated carbocycles. The van der Waals surface area contributed by atoms with Crippen molar-refractivity contribution in [3.8, 4) is 0 Å². The monoisotopic (exact) mass is 918 g/mol. The van der Waals surface area contributed by atoms with Crippen LogP contribution >= 0.6 is 23.5 Å². The number of phosphoric ester groups is 3. The molecule has 4 saturated heterocycles. The van der Waals surface area contributed by atoms with Crippen molar-refractivity contribution in [3.05, 3.63) is 99.3 Å². The summed E-state index contributed by atoms with van der Waals surface area (Å²) in [6.45, 7) is -3.13. The molecule has 4 aliphatic heterocycles. The van der Waals surface area contributed by atoms with E-state index in [9.17, 15) is 72.5 Å². The van der Waals surface area contributed by atoms with Gasteiger partial charge in [0.1, 0.15) is 54.9 Å². The number of aromatic nitrogens is 6. The predicted molar refractivity (Wildman–Crippen MR) is 186 cm³/mol. The molecule has 3 aromatic rings. The molecule has 4 aliphatic rings. The Morgan fingerprint density at radius 1 is 0.633 bits per heavy atom. The molecule has 7 rings (SSSR count). The number of aromatic amines is 3. The zero-order chi connectivity index (χ0) is 43.5. The van der Waals surface area contributed by atoms with Crippen LogP contribution in [0.4, 0.5) is 0 Å². The number of nitrogens with one attached hydrogen (secondary N) is 3. The van der Waals surface area contributed by atoms with E-state index in [1.165, 1.54) is 0 Å². The molecule has 0 aromatic carbocycles. The van der Waals surface area contributed by atoms with Gasteiger partial charge in [0, 0.05) is 36.8 Å². The first-order valence-electron chi connectivity index (χ1n) is 17.0. The maximum absolute atomic E-state index is 13.4. The van der Waals surface area contributed by atoms with Gasteiger partial charge in [0.25, 0.3) is 16.7 Å². The average molecular weight is 919 g/mol.